The van der Waals surface area contributed by atoms with Crippen molar-refractivity contribution < 1.29 is 4.79 Å². The maximum absolute atomic E-state index is 11.4. The van der Waals surface area contributed by atoms with E-state index in [1.807, 2.05) is 6.92 Å². The zero-order valence-electron chi connectivity index (χ0n) is 7.37. The first-order valence-electron chi connectivity index (χ1n) is 3.94. The fraction of sp³-hybridized carbons (Fsp3) is 0.500. The van der Waals surface area contributed by atoms with E-state index in [2.05, 4.69) is 4.99 Å². The minimum absolute atomic E-state index is 0.0412. The zero-order valence-corrected chi connectivity index (χ0v) is 7.37. The van der Waals surface area contributed by atoms with E-state index in [4.69, 9.17) is 5.73 Å². The van der Waals surface area contributed by atoms with Crippen LogP contribution >= 0.6 is 0 Å². The standard InChI is InChI=1S/C8H13N3O/c1-3-7-8(12)11(5-4-9)6(2)10-7/h3H,4-5,9H2,1-2H3/b7-3-. The van der Waals surface area contributed by atoms with Gasteiger partial charge in [0.15, 0.2) is 0 Å². The number of amides is 1. The summed E-state index contributed by atoms with van der Waals surface area (Å²) in [6.07, 6.45) is 1.71. The summed E-state index contributed by atoms with van der Waals surface area (Å²) in [5, 5.41) is 0. The Morgan fingerprint density at radius 3 is 2.75 bits per heavy atom. The molecule has 0 saturated carbocycles. The van der Waals surface area contributed by atoms with Crippen molar-refractivity contribution in [3.05, 3.63) is 11.8 Å². The molecule has 1 aliphatic rings. The second-order valence-electron chi connectivity index (χ2n) is 2.58. The lowest BCUT2D eigenvalue weighted by molar-refractivity contribution is -0.122. The van der Waals surface area contributed by atoms with E-state index in [1.54, 1.807) is 17.9 Å². The van der Waals surface area contributed by atoms with Crippen molar-refractivity contribution in [2.75, 3.05) is 13.1 Å². The predicted molar refractivity (Wildman–Crippen MR) is 47.6 cm³/mol. The average Bonchev–Trinajstić information content (AvgIpc) is 2.32. The molecule has 0 aliphatic carbocycles. The summed E-state index contributed by atoms with van der Waals surface area (Å²) >= 11 is 0. The van der Waals surface area contributed by atoms with Crippen LogP contribution < -0.4 is 5.73 Å². The number of nitrogens with two attached hydrogens (primary N) is 1. The van der Waals surface area contributed by atoms with Crippen molar-refractivity contribution in [1.29, 1.82) is 0 Å². The highest BCUT2D eigenvalue weighted by Gasteiger charge is 2.25. The zero-order chi connectivity index (χ0) is 9.14. The van der Waals surface area contributed by atoms with E-state index < -0.39 is 0 Å². The van der Waals surface area contributed by atoms with Gasteiger partial charge in [0.05, 0.1) is 0 Å². The highest BCUT2D eigenvalue weighted by Crippen LogP contribution is 2.13. The van der Waals surface area contributed by atoms with Gasteiger partial charge in [-0.05, 0) is 13.8 Å². The van der Waals surface area contributed by atoms with Crippen molar-refractivity contribution in [1.82, 2.24) is 4.90 Å². The molecule has 1 rings (SSSR count). The lowest BCUT2D eigenvalue weighted by Crippen LogP contribution is -2.34. The van der Waals surface area contributed by atoms with Gasteiger partial charge in [-0.1, -0.05) is 6.08 Å². The van der Waals surface area contributed by atoms with E-state index in [0.29, 0.717) is 18.8 Å². The van der Waals surface area contributed by atoms with Gasteiger partial charge in [-0.15, -0.1) is 0 Å². The molecule has 1 aliphatic heterocycles. The van der Waals surface area contributed by atoms with E-state index in [-0.39, 0.29) is 5.91 Å². The summed E-state index contributed by atoms with van der Waals surface area (Å²) in [6, 6.07) is 0. The van der Waals surface area contributed by atoms with Gasteiger partial charge in [-0.3, -0.25) is 9.69 Å². The fourth-order valence-electron chi connectivity index (χ4n) is 1.15. The van der Waals surface area contributed by atoms with E-state index >= 15 is 0 Å². The molecular weight excluding hydrogens is 154 g/mol. The molecule has 0 aromatic rings. The molecule has 66 valence electrons. The number of hydrogen-bond donors (Lipinski definition) is 1. The topological polar surface area (TPSA) is 58.7 Å². The quantitative estimate of drug-likeness (QED) is 0.593. The molecule has 0 unspecified atom stereocenters. The second-order valence-corrected chi connectivity index (χ2v) is 2.58. The van der Waals surface area contributed by atoms with Crippen LogP contribution in [-0.2, 0) is 4.79 Å². The van der Waals surface area contributed by atoms with Crippen molar-refractivity contribution in [2.24, 2.45) is 10.7 Å². The Morgan fingerprint density at radius 1 is 1.67 bits per heavy atom. The van der Waals surface area contributed by atoms with Gasteiger partial charge in [0.25, 0.3) is 5.91 Å². The average molecular weight is 167 g/mol. The van der Waals surface area contributed by atoms with Gasteiger partial charge >= 0.3 is 0 Å². The minimum atomic E-state index is -0.0412. The van der Waals surface area contributed by atoms with Gasteiger partial charge in [0.2, 0.25) is 0 Å². The van der Waals surface area contributed by atoms with E-state index in [0.717, 1.165) is 5.84 Å². The van der Waals surface area contributed by atoms with Crippen molar-refractivity contribution in [3.63, 3.8) is 0 Å². The van der Waals surface area contributed by atoms with Crippen LogP contribution in [0.15, 0.2) is 16.8 Å². The minimum Gasteiger partial charge on any atom is -0.329 e. The van der Waals surface area contributed by atoms with Gasteiger partial charge < -0.3 is 5.73 Å². The summed E-state index contributed by atoms with van der Waals surface area (Å²) in [4.78, 5) is 17.1. The van der Waals surface area contributed by atoms with Crippen LogP contribution in [0.5, 0.6) is 0 Å². The van der Waals surface area contributed by atoms with Crippen LogP contribution in [0.25, 0.3) is 0 Å². The Bertz CT molecular complexity index is 253. The van der Waals surface area contributed by atoms with E-state index in [9.17, 15) is 4.79 Å². The summed E-state index contributed by atoms with van der Waals surface area (Å²) in [6.45, 7) is 4.63. The molecule has 0 spiro atoms. The van der Waals surface area contributed by atoms with Gasteiger partial charge in [-0.25, -0.2) is 4.99 Å². The molecule has 1 amide bonds. The number of rotatable bonds is 2. The van der Waals surface area contributed by atoms with Crippen LogP contribution in [0.1, 0.15) is 13.8 Å². The first-order valence-corrected chi connectivity index (χ1v) is 3.94. The number of amidine groups is 1. The number of hydrogen-bond acceptors (Lipinski definition) is 3. The molecule has 0 aromatic heterocycles. The summed E-state index contributed by atoms with van der Waals surface area (Å²) in [7, 11) is 0. The summed E-state index contributed by atoms with van der Waals surface area (Å²) in [5.74, 6) is 0.694. The Morgan fingerprint density at radius 2 is 2.33 bits per heavy atom. The molecule has 0 atom stereocenters. The highest BCUT2D eigenvalue weighted by atomic mass is 16.2. The molecule has 0 aromatic carbocycles. The largest absolute Gasteiger partial charge is 0.329 e. The van der Waals surface area contributed by atoms with Crippen LogP contribution in [0, 0.1) is 0 Å². The van der Waals surface area contributed by atoms with Crippen LogP contribution in [-0.4, -0.2) is 29.7 Å². The van der Waals surface area contributed by atoms with Crippen LogP contribution in [0.4, 0.5) is 0 Å². The van der Waals surface area contributed by atoms with Crippen molar-refractivity contribution in [3.8, 4) is 0 Å². The molecule has 4 nitrogen and oxygen atoms in total. The monoisotopic (exact) mass is 167 g/mol. The maximum atomic E-state index is 11.4. The molecule has 2 N–H and O–H groups in total. The predicted octanol–water partition coefficient (Wildman–Crippen LogP) is 0.110. The highest BCUT2D eigenvalue weighted by molar-refractivity contribution is 6.11. The smallest absolute Gasteiger partial charge is 0.277 e. The summed E-state index contributed by atoms with van der Waals surface area (Å²) in [5.41, 5.74) is 5.87. The number of carbonyl (C=O) groups is 1. The molecule has 12 heavy (non-hydrogen) atoms. The summed E-state index contributed by atoms with van der Waals surface area (Å²) < 4.78 is 0. The number of nitrogens with zero attached hydrogens (tertiary/aromatic N) is 2. The molecule has 1 heterocycles. The molecule has 0 saturated heterocycles. The van der Waals surface area contributed by atoms with Gasteiger partial charge in [0, 0.05) is 13.1 Å². The lowest BCUT2D eigenvalue weighted by atomic mass is 10.4. The van der Waals surface area contributed by atoms with Crippen LogP contribution in [0.3, 0.4) is 0 Å². The first kappa shape index (κ1) is 8.93. The number of aliphatic imine (C=N–C) groups is 1. The number of allylic oxidation sites excluding steroid dienone is 1. The van der Waals surface area contributed by atoms with Crippen LogP contribution in [0.2, 0.25) is 0 Å². The molecular formula is C8H13N3O. The third-order valence-electron chi connectivity index (χ3n) is 1.76. The van der Waals surface area contributed by atoms with E-state index in [1.165, 1.54) is 0 Å². The van der Waals surface area contributed by atoms with Crippen molar-refractivity contribution >= 4 is 11.7 Å². The molecule has 0 bridgehead atoms. The first-order chi connectivity index (χ1) is 5.70. The Kier molecular flexibility index (Phi) is 2.60. The fourth-order valence-corrected chi connectivity index (χ4v) is 1.15. The molecule has 4 heteroatoms. The van der Waals surface area contributed by atoms with Gasteiger partial charge in [-0.2, -0.15) is 0 Å². The third kappa shape index (κ3) is 1.38. The molecule has 0 radical (unpaired) electrons. The van der Waals surface area contributed by atoms with Gasteiger partial charge in [0.1, 0.15) is 11.5 Å². The maximum Gasteiger partial charge on any atom is 0.277 e. The van der Waals surface area contributed by atoms with Crippen molar-refractivity contribution in [2.45, 2.75) is 13.8 Å². The Balaban J connectivity index is 2.81. The second kappa shape index (κ2) is 3.49. The Labute approximate surface area is 71.8 Å². The number of carbonyl (C=O) groups excluding carboxylic acids is 1. The third-order valence-corrected chi connectivity index (χ3v) is 1.76. The SMILES string of the molecule is C/C=C1\N=C(C)N(CCN)C1=O. The normalized spacial score (nSPS) is 20.6. The lowest BCUT2D eigenvalue weighted by Gasteiger charge is -2.13. The molecule has 0 fully saturated rings. The Hall–Kier alpha value is -1.16.